The molecule has 1 aromatic rings. The molecule has 3 saturated heterocycles. The molecule has 0 aliphatic carbocycles. The third-order valence-corrected chi connectivity index (χ3v) is 7.78. The highest BCUT2D eigenvalue weighted by atomic mass is 32.2. The van der Waals surface area contributed by atoms with Gasteiger partial charge in [-0.05, 0) is 48.1 Å². The molecule has 7 heteroatoms. The zero-order valence-electron chi connectivity index (χ0n) is 14.3. The second-order valence-corrected chi connectivity index (χ2v) is 9.22. The molecule has 3 fully saturated rings. The minimum absolute atomic E-state index is 0.0241. The first-order valence-electron chi connectivity index (χ1n) is 9.22. The zero-order chi connectivity index (χ0) is 17.2. The minimum Gasteiger partial charge on any atom is -0.336 e. The fourth-order valence-corrected chi connectivity index (χ4v) is 6.54. The number of thioether (sulfide) groups is 1. The Bertz CT molecular complexity index is 622. The van der Waals surface area contributed by atoms with Crippen molar-refractivity contribution >= 4 is 35.0 Å². The normalized spacial score (nSPS) is 31.0. The molecule has 4 atom stereocenters. The number of fused-ring (bicyclic) bond motifs is 1. The SMILES string of the molecule is O=C1N[C@H]2[C@H](CS[C@H]2CCCCC(=O)N2CCC[C@H]2c2ccsc2)N1. The van der Waals surface area contributed by atoms with Gasteiger partial charge in [-0.25, -0.2) is 4.79 Å². The largest absolute Gasteiger partial charge is 0.336 e. The average molecular weight is 380 g/mol. The van der Waals surface area contributed by atoms with Crippen molar-refractivity contribution in [1.29, 1.82) is 0 Å². The fourth-order valence-electron chi connectivity index (χ4n) is 4.28. The molecule has 0 aromatic carbocycles. The van der Waals surface area contributed by atoms with Crippen molar-refractivity contribution in [3.63, 3.8) is 0 Å². The van der Waals surface area contributed by atoms with Gasteiger partial charge in [-0.1, -0.05) is 6.42 Å². The smallest absolute Gasteiger partial charge is 0.315 e. The molecule has 4 heterocycles. The molecule has 5 nitrogen and oxygen atoms in total. The van der Waals surface area contributed by atoms with Crippen molar-refractivity contribution in [2.45, 2.75) is 61.9 Å². The number of hydrogen-bond acceptors (Lipinski definition) is 4. The number of likely N-dealkylation sites (tertiary alicyclic amines) is 1. The predicted molar refractivity (Wildman–Crippen MR) is 102 cm³/mol. The Morgan fingerprint density at radius 1 is 1.32 bits per heavy atom. The minimum atomic E-state index is -0.0241. The Morgan fingerprint density at radius 3 is 3.08 bits per heavy atom. The first-order valence-corrected chi connectivity index (χ1v) is 11.2. The van der Waals surface area contributed by atoms with Crippen LogP contribution < -0.4 is 10.6 Å². The van der Waals surface area contributed by atoms with Crippen LogP contribution in [-0.4, -0.2) is 46.5 Å². The lowest BCUT2D eigenvalue weighted by Gasteiger charge is -2.24. The van der Waals surface area contributed by atoms with Gasteiger partial charge in [0, 0.05) is 24.0 Å². The maximum atomic E-state index is 12.6. The lowest BCUT2D eigenvalue weighted by Crippen LogP contribution is -2.36. The van der Waals surface area contributed by atoms with Gasteiger partial charge in [0.1, 0.15) is 0 Å². The lowest BCUT2D eigenvalue weighted by atomic mass is 10.0. The number of carbonyl (C=O) groups excluding carboxylic acids is 2. The number of hydrogen-bond donors (Lipinski definition) is 2. The van der Waals surface area contributed by atoms with E-state index in [1.165, 1.54) is 5.56 Å². The molecule has 1 aromatic heterocycles. The van der Waals surface area contributed by atoms with Crippen LogP contribution in [0.1, 0.15) is 50.1 Å². The topological polar surface area (TPSA) is 61.4 Å². The summed E-state index contributed by atoms with van der Waals surface area (Å²) in [5.74, 6) is 1.31. The van der Waals surface area contributed by atoms with E-state index in [9.17, 15) is 9.59 Å². The number of thiophene rings is 1. The van der Waals surface area contributed by atoms with Crippen molar-refractivity contribution in [3.8, 4) is 0 Å². The van der Waals surface area contributed by atoms with Crippen molar-refractivity contribution in [2.75, 3.05) is 12.3 Å². The highest BCUT2D eigenvalue weighted by molar-refractivity contribution is 8.00. The van der Waals surface area contributed by atoms with E-state index < -0.39 is 0 Å². The molecule has 3 amide bonds. The average Bonchev–Trinajstić information content (AvgIpc) is 3.35. The molecule has 0 radical (unpaired) electrons. The molecule has 0 unspecified atom stereocenters. The summed E-state index contributed by atoms with van der Waals surface area (Å²) in [5, 5.41) is 10.8. The Kier molecular flexibility index (Phi) is 5.22. The van der Waals surface area contributed by atoms with Gasteiger partial charge in [0.15, 0.2) is 0 Å². The number of amides is 3. The van der Waals surface area contributed by atoms with Crippen molar-refractivity contribution in [2.24, 2.45) is 0 Å². The highest BCUT2D eigenvalue weighted by Gasteiger charge is 2.42. The number of rotatable bonds is 6. The monoisotopic (exact) mass is 379 g/mol. The van der Waals surface area contributed by atoms with Crippen molar-refractivity contribution < 1.29 is 9.59 Å². The van der Waals surface area contributed by atoms with Crippen LogP contribution in [0.3, 0.4) is 0 Å². The van der Waals surface area contributed by atoms with E-state index >= 15 is 0 Å². The van der Waals surface area contributed by atoms with Crippen LogP contribution in [0.15, 0.2) is 16.8 Å². The predicted octanol–water partition coefficient (Wildman–Crippen LogP) is 3.14. The van der Waals surface area contributed by atoms with Crippen LogP contribution in [0.5, 0.6) is 0 Å². The fraction of sp³-hybridized carbons (Fsp3) is 0.667. The summed E-state index contributed by atoms with van der Waals surface area (Å²) in [6.45, 7) is 0.902. The summed E-state index contributed by atoms with van der Waals surface area (Å²) in [4.78, 5) is 26.1. The Balaban J connectivity index is 1.21. The van der Waals surface area contributed by atoms with E-state index in [0.29, 0.717) is 29.7 Å². The molecule has 2 N–H and O–H groups in total. The van der Waals surface area contributed by atoms with Crippen LogP contribution in [0.2, 0.25) is 0 Å². The van der Waals surface area contributed by atoms with E-state index in [1.54, 1.807) is 11.3 Å². The summed E-state index contributed by atoms with van der Waals surface area (Å²) < 4.78 is 0. The molecule has 3 aliphatic rings. The van der Waals surface area contributed by atoms with Gasteiger partial charge in [-0.2, -0.15) is 23.1 Å². The Labute approximate surface area is 156 Å². The van der Waals surface area contributed by atoms with Gasteiger partial charge < -0.3 is 15.5 Å². The van der Waals surface area contributed by atoms with Gasteiger partial charge in [0.05, 0.1) is 18.1 Å². The van der Waals surface area contributed by atoms with Crippen molar-refractivity contribution in [3.05, 3.63) is 22.4 Å². The summed E-state index contributed by atoms with van der Waals surface area (Å²) in [6.07, 6.45) is 5.93. The van der Waals surface area contributed by atoms with E-state index in [-0.39, 0.29) is 12.1 Å². The Morgan fingerprint density at radius 2 is 2.24 bits per heavy atom. The van der Waals surface area contributed by atoms with Crippen molar-refractivity contribution in [1.82, 2.24) is 15.5 Å². The van der Waals surface area contributed by atoms with Crippen LogP contribution in [0, 0.1) is 0 Å². The van der Waals surface area contributed by atoms with Gasteiger partial charge >= 0.3 is 6.03 Å². The molecular weight excluding hydrogens is 354 g/mol. The van der Waals surface area contributed by atoms with Gasteiger partial charge in [-0.15, -0.1) is 0 Å². The number of nitrogens with zero attached hydrogens (tertiary/aromatic N) is 1. The summed E-state index contributed by atoms with van der Waals surface area (Å²) >= 11 is 3.66. The third-order valence-electron chi connectivity index (χ3n) is 5.57. The van der Waals surface area contributed by atoms with Gasteiger partial charge in [-0.3, -0.25) is 4.79 Å². The first-order chi connectivity index (χ1) is 12.2. The standard InChI is InChI=1S/C18H25N3O2S2/c22-16(21-8-3-4-14(21)12-7-9-24-10-12)6-2-1-5-15-17-13(11-25-15)19-18(23)20-17/h7,9-10,13-15,17H,1-6,8,11H2,(H2,19,20,23)/t13-,14-,15-,17-/m0/s1. The highest BCUT2D eigenvalue weighted by Crippen LogP contribution is 2.35. The van der Waals surface area contributed by atoms with E-state index in [2.05, 4.69) is 32.4 Å². The summed E-state index contributed by atoms with van der Waals surface area (Å²) in [6, 6.07) is 2.99. The number of nitrogens with one attached hydrogen (secondary N) is 2. The first kappa shape index (κ1) is 17.2. The maximum absolute atomic E-state index is 12.6. The second-order valence-electron chi connectivity index (χ2n) is 7.17. The number of carbonyl (C=O) groups is 2. The number of unbranched alkanes of at least 4 members (excludes halogenated alkanes) is 1. The zero-order valence-corrected chi connectivity index (χ0v) is 15.9. The molecular formula is C18H25N3O2S2. The van der Waals surface area contributed by atoms with Crippen LogP contribution in [-0.2, 0) is 4.79 Å². The van der Waals surface area contributed by atoms with Gasteiger partial charge in [0.2, 0.25) is 5.91 Å². The number of urea groups is 1. The molecule has 4 rings (SSSR count). The molecule has 0 spiro atoms. The second kappa shape index (κ2) is 7.58. The maximum Gasteiger partial charge on any atom is 0.315 e. The molecule has 136 valence electrons. The molecule has 25 heavy (non-hydrogen) atoms. The molecule has 3 aliphatic heterocycles. The van der Waals surface area contributed by atoms with E-state index in [1.807, 2.05) is 11.8 Å². The van der Waals surface area contributed by atoms with Crippen LogP contribution in [0.4, 0.5) is 4.79 Å². The molecule has 0 saturated carbocycles. The van der Waals surface area contributed by atoms with E-state index in [0.717, 1.165) is 44.4 Å². The lowest BCUT2D eigenvalue weighted by molar-refractivity contribution is -0.132. The van der Waals surface area contributed by atoms with Crippen LogP contribution >= 0.6 is 23.1 Å². The van der Waals surface area contributed by atoms with E-state index in [4.69, 9.17) is 0 Å². The Hall–Kier alpha value is -1.21. The van der Waals surface area contributed by atoms with Gasteiger partial charge in [0.25, 0.3) is 0 Å². The molecule has 0 bridgehead atoms. The quantitative estimate of drug-likeness (QED) is 0.590. The third kappa shape index (κ3) is 3.67. The summed E-state index contributed by atoms with van der Waals surface area (Å²) in [5.41, 5.74) is 1.30. The summed E-state index contributed by atoms with van der Waals surface area (Å²) in [7, 11) is 0. The van der Waals surface area contributed by atoms with Crippen LogP contribution in [0.25, 0.3) is 0 Å².